The van der Waals surface area contributed by atoms with Gasteiger partial charge in [-0.3, -0.25) is 0 Å². The zero-order chi connectivity index (χ0) is 10.7. The first-order chi connectivity index (χ1) is 7.24. The first-order valence-electron chi connectivity index (χ1n) is 5.61. The van der Waals surface area contributed by atoms with Crippen LogP contribution in [0.25, 0.3) is 6.08 Å². The molecule has 1 saturated heterocycles. The van der Waals surface area contributed by atoms with Crippen LogP contribution in [0.4, 0.5) is 0 Å². The van der Waals surface area contributed by atoms with Crippen LogP contribution >= 0.6 is 0 Å². The molecule has 2 rings (SSSR count). The molecule has 3 heteroatoms. The van der Waals surface area contributed by atoms with Crippen molar-refractivity contribution in [3.05, 3.63) is 42.0 Å². The Morgan fingerprint density at radius 2 is 1.94 bits per heavy atom. The molecule has 1 aliphatic heterocycles. The predicted octanol–water partition coefficient (Wildman–Crippen LogP) is 2.05. The van der Waals surface area contributed by atoms with E-state index < -0.39 is 0 Å². The average molecular weight is 413 g/mol. The first-order valence-corrected chi connectivity index (χ1v) is 6.61. The minimum absolute atomic E-state index is 0. The largest absolute Gasteiger partial charge is 0.375 e. The fourth-order valence-electron chi connectivity index (χ4n) is 2.13. The summed E-state index contributed by atoms with van der Waals surface area (Å²) in [5.74, 6) is 0. The van der Waals surface area contributed by atoms with Crippen LogP contribution in [0.2, 0.25) is 0 Å². The van der Waals surface area contributed by atoms with Crippen molar-refractivity contribution in [3.63, 3.8) is 0 Å². The van der Waals surface area contributed by atoms with Gasteiger partial charge in [0.15, 0.2) is 0 Å². The Kier molecular flexibility index (Phi) is 5.16. The third kappa shape index (κ3) is 2.94. The zero-order valence-electron chi connectivity index (χ0n) is 9.65. The topological polar surface area (TPSA) is 9.23 Å². The fraction of sp³-hybridized carbons (Fsp3) is 0.385. The summed E-state index contributed by atoms with van der Waals surface area (Å²) in [6.45, 7) is 4.69. The molecule has 90 valence electrons. The number of hydrogen-bond donors (Lipinski definition) is 0. The summed E-state index contributed by atoms with van der Waals surface area (Å²) in [6.07, 6.45) is 5.58. The van der Waals surface area contributed by atoms with Gasteiger partial charge in [-0.25, -0.2) is 0 Å². The van der Waals surface area contributed by atoms with Gasteiger partial charge < -0.3 is 4.74 Å². The molecule has 0 bridgehead atoms. The Morgan fingerprint density at radius 1 is 1.25 bits per heavy atom. The molecule has 1 fully saturated rings. The van der Waals surface area contributed by atoms with Crippen LogP contribution in [0.3, 0.4) is 0 Å². The second kappa shape index (κ2) is 5.95. The molecular weight excluding hydrogens is 395 g/mol. The summed E-state index contributed by atoms with van der Waals surface area (Å²) >= 11 is 0. The monoisotopic (exact) mass is 413 g/mol. The summed E-state index contributed by atoms with van der Waals surface area (Å²) in [5, 5.41) is 0.0674. The van der Waals surface area contributed by atoms with Crippen molar-refractivity contribution in [1.82, 2.24) is 0 Å². The van der Waals surface area contributed by atoms with Crippen molar-refractivity contribution in [1.29, 1.82) is 0 Å². The molecule has 1 nitrogen and oxygen atoms in total. The summed E-state index contributed by atoms with van der Waals surface area (Å²) in [7, 11) is 1.07. The van der Waals surface area contributed by atoms with Gasteiger partial charge in [-0.15, -0.1) is 0 Å². The van der Waals surface area contributed by atoms with Crippen molar-refractivity contribution in [2.45, 2.75) is 24.5 Å². The maximum absolute atomic E-state index is 5.96. The normalized spacial score (nSPS) is 24.8. The molecule has 1 aromatic rings. The molecule has 0 radical (unpaired) electrons. The van der Waals surface area contributed by atoms with Crippen LogP contribution in [0.5, 0.6) is 0 Å². The van der Waals surface area contributed by atoms with Crippen LogP contribution in [0.1, 0.15) is 30.4 Å². The molecule has 1 heterocycles. The van der Waals surface area contributed by atoms with E-state index in [4.69, 9.17) is 4.74 Å². The number of rotatable bonds is 2. The van der Waals surface area contributed by atoms with Crippen molar-refractivity contribution < 1.29 is 25.8 Å². The van der Waals surface area contributed by atoms with E-state index in [0.717, 1.165) is 16.8 Å². The van der Waals surface area contributed by atoms with Crippen LogP contribution in [-0.4, -0.2) is 16.8 Å². The fourth-order valence-corrected chi connectivity index (χ4v) is 3.02. The van der Waals surface area contributed by atoms with Crippen LogP contribution in [-0.2, 0) is 31.0 Å². The predicted molar refractivity (Wildman–Crippen MR) is 68.0 cm³/mol. The standard InChI is InChI=1S/C13H18OSi.Pt/c1-2-11-5-7-12(8-6-11)13(15)9-3-4-10-14-13;/h2,5-8H,1,3-4,9-10H2,15H3;. The third-order valence-corrected chi connectivity index (χ3v) is 4.59. The van der Waals surface area contributed by atoms with E-state index in [1.165, 1.54) is 30.4 Å². The van der Waals surface area contributed by atoms with E-state index in [1.54, 1.807) is 0 Å². The molecular formula is C13H18OPtSi. The SMILES string of the molecule is C=Cc1ccc(C2([SiH3])CCCCO2)cc1.[Pt]. The Bertz CT molecular complexity index is 341. The smallest absolute Gasteiger partial charge is 0.0723 e. The van der Waals surface area contributed by atoms with Gasteiger partial charge in [-0.05, 0) is 30.4 Å². The van der Waals surface area contributed by atoms with Crippen molar-refractivity contribution in [2.24, 2.45) is 0 Å². The molecule has 0 N–H and O–H groups in total. The molecule has 1 atom stereocenters. The maximum atomic E-state index is 5.96. The summed E-state index contributed by atoms with van der Waals surface area (Å²) < 4.78 is 5.96. The second-order valence-electron chi connectivity index (χ2n) is 4.36. The number of hydrogen-bond acceptors (Lipinski definition) is 1. The molecule has 1 aromatic carbocycles. The molecule has 0 aliphatic carbocycles. The van der Waals surface area contributed by atoms with Crippen molar-refractivity contribution >= 4 is 16.3 Å². The van der Waals surface area contributed by atoms with Gasteiger partial charge in [0.1, 0.15) is 0 Å². The van der Waals surface area contributed by atoms with E-state index in [1.807, 2.05) is 6.08 Å². The molecule has 0 amide bonds. The Balaban J connectivity index is 0.00000128. The minimum Gasteiger partial charge on any atom is -0.375 e. The number of ether oxygens (including phenoxy) is 1. The Labute approximate surface area is 115 Å². The quantitative estimate of drug-likeness (QED) is 0.675. The maximum Gasteiger partial charge on any atom is 0.0723 e. The molecule has 1 aliphatic rings. The molecule has 0 saturated carbocycles. The summed E-state index contributed by atoms with van der Waals surface area (Å²) in [5.41, 5.74) is 2.53. The Morgan fingerprint density at radius 3 is 2.44 bits per heavy atom. The van der Waals surface area contributed by atoms with Gasteiger partial charge in [0.25, 0.3) is 0 Å². The van der Waals surface area contributed by atoms with E-state index in [-0.39, 0.29) is 26.3 Å². The Hall–Kier alpha value is -0.175. The van der Waals surface area contributed by atoms with Crippen molar-refractivity contribution in [3.8, 4) is 0 Å². The van der Waals surface area contributed by atoms with Gasteiger partial charge in [0.2, 0.25) is 0 Å². The van der Waals surface area contributed by atoms with Gasteiger partial charge in [-0.2, -0.15) is 0 Å². The van der Waals surface area contributed by atoms with Gasteiger partial charge >= 0.3 is 0 Å². The molecule has 0 aromatic heterocycles. The van der Waals surface area contributed by atoms with Gasteiger partial charge in [-0.1, -0.05) is 36.9 Å². The van der Waals surface area contributed by atoms with E-state index in [9.17, 15) is 0 Å². The van der Waals surface area contributed by atoms with E-state index in [2.05, 4.69) is 30.8 Å². The molecule has 1 unspecified atom stereocenters. The minimum atomic E-state index is 0. The van der Waals surface area contributed by atoms with Crippen LogP contribution in [0, 0.1) is 0 Å². The van der Waals surface area contributed by atoms with E-state index >= 15 is 0 Å². The zero-order valence-corrected chi connectivity index (χ0v) is 13.9. The average Bonchev–Trinajstić information content (AvgIpc) is 2.30. The second-order valence-corrected chi connectivity index (χ2v) is 5.98. The molecule has 0 spiro atoms. The number of benzene rings is 1. The summed E-state index contributed by atoms with van der Waals surface area (Å²) in [4.78, 5) is 0. The van der Waals surface area contributed by atoms with Gasteiger partial charge in [0, 0.05) is 37.9 Å². The van der Waals surface area contributed by atoms with Crippen LogP contribution < -0.4 is 0 Å². The van der Waals surface area contributed by atoms with E-state index in [0.29, 0.717) is 0 Å². The molecule has 16 heavy (non-hydrogen) atoms. The first kappa shape index (κ1) is 13.9. The van der Waals surface area contributed by atoms with Crippen molar-refractivity contribution in [2.75, 3.05) is 6.61 Å². The van der Waals surface area contributed by atoms with Gasteiger partial charge in [0.05, 0.1) is 5.22 Å². The van der Waals surface area contributed by atoms with Crippen LogP contribution in [0.15, 0.2) is 30.8 Å². The third-order valence-electron chi connectivity index (χ3n) is 3.23. The summed E-state index contributed by atoms with van der Waals surface area (Å²) in [6, 6.07) is 8.63.